The van der Waals surface area contributed by atoms with Gasteiger partial charge < -0.3 is 9.45 Å². The van der Waals surface area contributed by atoms with Crippen LogP contribution in [0.25, 0.3) is 0 Å². The van der Waals surface area contributed by atoms with E-state index in [2.05, 4.69) is 15.9 Å². The number of carbonyl (C=O) groups is 2. The van der Waals surface area contributed by atoms with Crippen molar-refractivity contribution in [2.45, 2.75) is 18.5 Å². The zero-order chi connectivity index (χ0) is 12.1. The Hall–Kier alpha value is 0.330. The van der Waals surface area contributed by atoms with Gasteiger partial charge in [-0.15, -0.1) is 0 Å². The van der Waals surface area contributed by atoms with E-state index in [9.17, 15) is 22.6 Å². The van der Waals surface area contributed by atoms with Crippen molar-refractivity contribution < 1.29 is 52.1 Å². The standard InChI is InChI=1S/C7H9BrN2O5S.Na/c8-3-5(11)9-2-1-4-6(9)7(12)10(4)16(13,14)15;/h4,6H,1-3H2,(H,13,14,15);/q;+1/p-1/t4-,6+;/m1./s1. The minimum atomic E-state index is -4.74. The Morgan fingerprint density at radius 1 is 1.53 bits per heavy atom. The molecule has 0 radical (unpaired) electrons. The fourth-order valence-electron chi connectivity index (χ4n) is 2.16. The average Bonchev–Trinajstić information content (AvgIpc) is 2.53. The molecule has 2 amide bonds. The summed E-state index contributed by atoms with van der Waals surface area (Å²) < 4.78 is 32.6. The molecule has 0 aromatic heterocycles. The van der Waals surface area contributed by atoms with Gasteiger partial charge in [0, 0.05) is 6.54 Å². The first-order chi connectivity index (χ1) is 7.38. The maximum absolute atomic E-state index is 11.5. The van der Waals surface area contributed by atoms with Gasteiger partial charge in [0.25, 0.3) is 5.91 Å². The Labute approximate surface area is 129 Å². The number of amides is 2. The summed E-state index contributed by atoms with van der Waals surface area (Å²) in [6.45, 7) is 0.303. The van der Waals surface area contributed by atoms with Crippen LogP contribution in [-0.4, -0.2) is 57.9 Å². The minimum absolute atomic E-state index is 0. The predicted octanol–water partition coefficient (Wildman–Crippen LogP) is -4.34. The number of halogens is 1. The maximum atomic E-state index is 11.5. The van der Waals surface area contributed by atoms with Gasteiger partial charge in [-0.1, -0.05) is 15.9 Å². The molecule has 10 heteroatoms. The Balaban J connectivity index is 0.00000144. The van der Waals surface area contributed by atoms with Crippen LogP contribution in [0.3, 0.4) is 0 Å². The van der Waals surface area contributed by atoms with Crippen molar-refractivity contribution in [1.82, 2.24) is 9.21 Å². The monoisotopic (exact) mass is 334 g/mol. The van der Waals surface area contributed by atoms with E-state index in [1.165, 1.54) is 4.90 Å². The van der Waals surface area contributed by atoms with Crippen molar-refractivity contribution in [2.24, 2.45) is 0 Å². The van der Waals surface area contributed by atoms with Gasteiger partial charge in [-0.25, -0.2) is 12.7 Å². The van der Waals surface area contributed by atoms with E-state index >= 15 is 0 Å². The molecule has 0 bridgehead atoms. The van der Waals surface area contributed by atoms with Crippen LogP contribution in [0.1, 0.15) is 6.42 Å². The molecule has 0 saturated carbocycles. The molecule has 2 rings (SSSR count). The maximum Gasteiger partial charge on any atom is 1.00 e. The minimum Gasteiger partial charge on any atom is -0.731 e. The Kier molecular flexibility index (Phi) is 4.65. The molecule has 2 heterocycles. The molecule has 0 N–H and O–H groups in total. The van der Waals surface area contributed by atoms with Crippen molar-refractivity contribution in [3.05, 3.63) is 0 Å². The summed E-state index contributed by atoms with van der Waals surface area (Å²) >= 11 is 2.97. The predicted molar refractivity (Wildman–Crippen MR) is 54.2 cm³/mol. The van der Waals surface area contributed by atoms with E-state index in [1.54, 1.807) is 0 Å². The molecular formula is C7H8BrN2NaO5S. The molecule has 0 aliphatic carbocycles. The summed E-state index contributed by atoms with van der Waals surface area (Å²) in [6, 6.07) is -1.44. The van der Waals surface area contributed by atoms with E-state index in [-0.39, 0.29) is 40.8 Å². The summed E-state index contributed by atoms with van der Waals surface area (Å²) in [7, 11) is -4.74. The number of carbonyl (C=O) groups excluding carboxylic acids is 2. The molecule has 2 atom stereocenters. The van der Waals surface area contributed by atoms with Crippen LogP contribution in [0.15, 0.2) is 0 Å². The van der Waals surface area contributed by atoms with Gasteiger partial charge in [-0.3, -0.25) is 9.59 Å². The van der Waals surface area contributed by atoms with Gasteiger partial charge in [0.15, 0.2) is 10.3 Å². The molecule has 0 spiro atoms. The van der Waals surface area contributed by atoms with E-state index in [1.807, 2.05) is 0 Å². The van der Waals surface area contributed by atoms with Gasteiger partial charge in [0.1, 0.15) is 6.04 Å². The van der Waals surface area contributed by atoms with Gasteiger partial charge in [0.2, 0.25) is 5.91 Å². The van der Waals surface area contributed by atoms with Crippen molar-refractivity contribution >= 4 is 38.0 Å². The van der Waals surface area contributed by atoms with E-state index in [4.69, 9.17) is 0 Å². The number of likely N-dealkylation sites (tertiary alicyclic amines) is 1. The smallest absolute Gasteiger partial charge is 0.731 e. The topological polar surface area (TPSA) is 97.8 Å². The largest absolute Gasteiger partial charge is 1.00 e. The van der Waals surface area contributed by atoms with Gasteiger partial charge in [-0.05, 0) is 6.42 Å². The SMILES string of the molecule is O=C(CBr)N1CC[C@@H]2[C@H]1C(=O)N2S(=O)(=O)[O-].[Na+]. The molecule has 0 aromatic carbocycles. The number of nitrogens with zero attached hydrogens (tertiary/aromatic N) is 2. The number of alkyl halides is 1. The number of fused-ring (bicyclic) bond motifs is 1. The third-order valence-corrected chi connectivity index (χ3v) is 4.23. The second kappa shape index (κ2) is 5.14. The van der Waals surface area contributed by atoms with Crippen LogP contribution in [0.2, 0.25) is 0 Å². The molecule has 90 valence electrons. The van der Waals surface area contributed by atoms with Crippen LogP contribution in [0, 0.1) is 0 Å². The quantitative estimate of drug-likeness (QED) is 0.220. The number of hydrogen-bond acceptors (Lipinski definition) is 5. The zero-order valence-electron chi connectivity index (χ0n) is 9.00. The molecule has 2 aliphatic heterocycles. The zero-order valence-corrected chi connectivity index (χ0v) is 13.4. The number of rotatable bonds is 2. The normalized spacial score (nSPS) is 27.3. The van der Waals surface area contributed by atoms with Crippen molar-refractivity contribution in [2.75, 3.05) is 11.9 Å². The van der Waals surface area contributed by atoms with Gasteiger partial charge in [0.05, 0.1) is 11.4 Å². The molecule has 17 heavy (non-hydrogen) atoms. The van der Waals surface area contributed by atoms with Crippen LogP contribution in [0.4, 0.5) is 0 Å². The fourth-order valence-corrected chi connectivity index (χ4v) is 3.37. The second-order valence-corrected chi connectivity index (χ2v) is 5.42. The summed E-state index contributed by atoms with van der Waals surface area (Å²) in [6.07, 6.45) is 0.330. The first-order valence-corrected chi connectivity index (χ1v) is 7.01. The van der Waals surface area contributed by atoms with Crippen LogP contribution in [-0.2, 0) is 19.9 Å². The Bertz CT molecular complexity index is 455. The second-order valence-electron chi connectivity index (χ2n) is 3.61. The summed E-state index contributed by atoms with van der Waals surface area (Å²) in [5.74, 6) is -1.07. The molecule has 2 fully saturated rings. The van der Waals surface area contributed by atoms with Crippen LogP contribution >= 0.6 is 15.9 Å². The fraction of sp³-hybridized carbons (Fsp3) is 0.714. The molecule has 2 aliphatic rings. The molecule has 0 unspecified atom stereocenters. The Morgan fingerprint density at radius 2 is 2.12 bits per heavy atom. The van der Waals surface area contributed by atoms with Crippen LogP contribution < -0.4 is 29.6 Å². The van der Waals surface area contributed by atoms with Gasteiger partial charge >= 0.3 is 29.6 Å². The molecule has 2 saturated heterocycles. The van der Waals surface area contributed by atoms with Crippen molar-refractivity contribution in [1.29, 1.82) is 0 Å². The molecule has 0 aromatic rings. The number of hydrogen-bond donors (Lipinski definition) is 0. The van der Waals surface area contributed by atoms with Gasteiger partial charge in [-0.2, -0.15) is 0 Å². The summed E-state index contributed by atoms with van der Waals surface area (Å²) in [5, 5.41) is 0.0770. The summed E-state index contributed by atoms with van der Waals surface area (Å²) in [5.41, 5.74) is 0. The van der Waals surface area contributed by atoms with E-state index in [0.29, 0.717) is 17.3 Å². The third kappa shape index (κ3) is 2.41. The Morgan fingerprint density at radius 3 is 2.59 bits per heavy atom. The van der Waals surface area contributed by atoms with Crippen molar-refractivity contribution in [3.63, 3.8) is 0 Å². The summed E-state index contributed by atoms with van der Waals surface area (Å²) in [4.78, 5) is 24.2. The van der Waals surface area contributed by atoms with Crippen molar-refractivity contribution in [3.8, 4) is 0 Å². The first kappa shape index (κ1) is 15.4. The molecule has 7 nitrogen and oxygen atoms in total. The van der Waals surface area contributed by atoms with E-state index < -0.39 is 28.3 Å². The third-order valence-electron chi connectivity index (χ3n) is 2.81. The van der Waals surface area contributed by atoms with Crippen LogP contribution in [0.5, 0.6) is 0 Å². The first-order valence-electron chi connectivity index (χ1n) is 4.52. The average molecular weight is 335 g/mol. The molecular weight excluding hydrogens is 327 g/mol. The number of β-lactam (4-membered cyclic amide) rings is 1. The van der Waals surface area contributed by atoms with E-state index in [0.717, 1.165) is 0 Å².